The van der Waals surface area contributed by atoms with Crippen molar-refractivity contribution in [3.8, 4) is 0 Å². The fourth-order valence-electron chi connectivity index (χ4n) is 3.18. The summed E-state index contributed by atoms with van der Waals surface area (Å²) in [5.74, 6) is -1.47. The van der Waals surface area contributed by atoms with Crippen molar-refractivity contribution in [3.05, 3.63) is 0 Å². The first kappa shape index (κ1) is 27.8. The molecule has 2 rings (SSSR count). The van der Waals surface area contributed by atoms with Crippen molar-refractivity contribution in [1.82, 2.24) is 0 Å². The van der Waals surface area contributed by atoms with Crippen LogP contribution in [0, 0.1) is 0 Å². The monoisotopic (exact) mass is 448 g/mol. The molecule has 2 saturated heterocycles. The predicted molar refractivity (Wildman–Crippen MR) is 85.9 cm³/mol. The van der Waals surface area contributed by atoms with Gasteiger partial charge in [-0.05, 0) is 0 Å². The number of aliphatic carboxylic acids is 1. The number of aldehydes is 1. The minimum atomic E-state index is -1.67. The summed E-state index contributed by atoms with van der Waals surface area (Å²) in [6.07, 6.45) is -14.0. The minimum absolute atomic E-state index is 0. The number of carboxylic acid groups (broad SMARTS) is 1. The van der Waals surface area contributed by atoms with Gasteiger partial charge in [-0.3, -0.25) is 0 Å². The van der Waals surface area contributed by atoms with Gasteiger partial charge in [0.2, 0.25) is 0 Å². The molecule has 10 unspecified atom stereocenters. The van der Waals surface area contributed by atoms with E-state index in [1.165, 1.54) is 14.2 Å². The number of aliphatic hydroxyl groups is 4. The molecule has 30 heavy (non-hydrogen) atoms. The molecule has 0 radical (unpaired) electrons. The molecule has 0 aromatic carbocycles. The second-order valence-corrected chi connectivity index (χ2v) is 6.53. The minimum Gasteiger partial charge on any atom is -0.548 e. The standard InChI is InChI=1S/C16H26O13.Na/c1-24-13-7(4-26-5-8(18)19)28-16(12(23)9(13)20)29-14-6(3-17)27-15(25-2)11(22)10(14)21;/h3,6-7,9-16,20-23H,4-5H2,1-2H3,(H,18,19);/q;+1/p-1. The van der Waals surface area contributed by atoms with Crippen molar-refractivity contribution < 1.29 is 93.1 Å². The fourth-order valence-corrected chi connectivity index (χ4v) is 3.18. The Bertz CT molecular complexity index is 551. The van der Waals surface area contributed by atoms with Crippen molar-refractivity contribution >= 4 is 12.3 Å². The maximum Gasteiger partial charge on any atom is 1.00 e. The van der Waals surface area contributed by atoms with Crippen LogP contribution in [0.15, 0.2) is 0 Å². The Balaban J connectivity index is 0.00000450. The van der Waals surface area contributed by atoms with Gasteiger partial charge in [0.1, 0.15) is 48.8 Å². The predicted octanol–water partition coefficient (Wildman–Crippen LogP) is -8.10. The Morgan fingerprint density at radius 1 is 0.967 bits per heavy atom. The molecule has 0 bridgehead atoms. The van der Waals surface area contributed by atoms with Crippen molar-refractivity contribution in [3.63, 3.8) is 0 Å². The molecule has 14 heteroatoms. The third-order valence-corrected chi connectivity index (χ3v) is 4.65. The summed E-state index contributed by atoms with van der Waals surface area (Å²) >= 11 is 0. The molecule has 0 aromatic heterocycles. The first-order valence-corrected chi connectivity index (χ1v) is 8.72. The summed E-state index contributed by atoms with van der Waals surface area (Å²) in [6, 6.07) is 0. The van der Waals surface area contributed by atoms with Gasteiger partial charge in [-0.25, -0.2) is 0 Å². The second-order valence-electron chi connectivity index (χ2n) is 6.53. The van der Waals surface area contributed by atoms with Gasteiger partial charge < -0.3 is 63.5 Å². The largest absolute Gasteiger partial charge is 1.00 e. The third kappa shape index (κ3) is 6.38. The number of carbonyl (C=O) groups is 2. The first-order valence-electron chi connectivity index (χ1n) is 8.72. The Hall–Kier alpha value is -0.260. The number of rotatable bonds is 9. The maximum atomic E-state index is 11.3. The number of aliphatic hydroxyl groups excluding tert-OH is 4. The quantitative estimate of drug-likeness (QED) is 0.192. The fraction of sp³-hybridized carbons (Fsp3) is 0.875. The summed E-state index contributed by atoms with van der Waals surface area (Å²) in [6.45, 7) is -1.10. The molecule has 10 atom stereocenters. The van der Waals surface area contributed by atoms with E-state index in [2.05, 4.69) is 0 Å². The van der Waals surface area contributed by atoms with Gasteiger partial charge in [0.05, 0.1) is 19.2 Å². The molecule has 0 spiro atoms. The van der Waals surface area contributed by atoms with Crippen LogP contribution < -0.4 is 34.7 Å². The van der Waals surface area contributed by atoms with Crippen LogP contribution in [0.4, 0.5) is 0 Å². The molecular formula is C16H25NaO13. The van der Waals surface area contributed by atoms with E-state index >= 15 is 0 Å². The van der Waals surface area contributed by atoms with Crippen LogP contribution in [0.25, 0.3) is 0 Å². The summed E-state index contributed by atoms with van der Waals surface area (Å²) in [4.78, 5) is 21.8. The summed E-state index contributed by atoms with van der Waals surface area (Å²) in [5, 5.41) is 51.4. The number of carboxylic acids is 1. The molecule has 0 saturated carbocycles. The average molecular weight is 448 g/mol. The Morgan fingerprint density at radius 2 is 1.57 bits per heavy atom. The molecule has 2 heterocycles. The zero-order chi connectivity index (χ0) is 21.7. The van der Waals surface area contributed by atoms with Crippen molar-refractivity contribution in [2.45, 2.75) is 61.4 Å². The van der Waals surface area contributed by atoms with Gasteiger partial charge in [0.15, 0.2) is 18.9 Å². The van der Waals surface area contributed by atoms with Crippen LogP contribution in [-0.2, 0) is 38.0 Å². The van der Waals surface area contributed by atoms with Gasteiger partial charge in [0, 0.05) is 14.2 Å². The summed E-state index contributed by atoms with van der Waals surface area (Å²) in [5.41, 5.74) is 0. The van der Waals surface area contributed by atoms with Crippen LogP contribution in [0.1, 0.15) is 0 Å². The number of carbonyl (C=O) groups excluding carboxylic acids is 2. The van der Waals surface area contributed by atoms with E-state index < -0.39 is 74.0 Å². The van der Waals surface area contributed by atoms with Gasteiger partial charge in [-0.1, -0.05) is 0 Å². The van der Waals surface area contributed by atoms with E-state index in [1.807, 2.05) is 0 Å². The normalized spacial score (nSPS) is 41.7. The van der Waals surface area contributed by atoms with Crippen LogP contribution in [0.3, 0.4) is 0 Å². The molecule has 13 nitrogen and oxygen atoms in total. The van der Waals surface area contributed by atoms with E-state index in [-0.39, 0.29) is 36.2 Å². The van der Waals surface area contributed by atoms with Gasteiger partial charge >= 0.3 is 29.6 Å². The van der Waals surface area contributed by atoms with E-state index in [1.54, 1.807) is 0 Å². The van der Waals surface area contributed by atoms with Crippen molar-refractivity contribution in [2.24, 2.45) is 0 Å². The van der Waals surface area contributed by atoms with E-state index in [0.29, 0.717) is 6.29 Å². The topological polar surface area (TPSA) is 194 Å². The maximum absolute atomic E-state index is 11.3. The number of methoxy groups -OCH3 is 2. The van der Waals surface area contributed by atoms with Gasteiger partial charge in [-0.2, -0.15) is 0 Å². The van der Waals surface area contributed by atoms with Gasteiger partial charge in [0.25, 0.3) is 0 Å². The molecule has 168 valence electrons. The van der Waals surface area contributed by atoms with Crippen molar-refractivity contribution in [1.29, 1.82) is 0 Å². The molecule has 2 aliphatic rings. The Kier molecular flexibility index (Phi) is 11.8. The van der Waals surface area contributed by atoms with E-state index in [0.717, 1.165) is 0 Å². The third-order valence-electron chi connectivity index (χ3n) is 4.65. The SMILES string of the molecule is COC1OC(C=O)C(OC2OC(COCC(=O)[O-])C(OC)C(O)C2O)C(O)C1O.[Na+]. The van der Waals surface area contributed by atoms with Crippen LogP contribution in [0.5, 0.6) is 0 Å². The summed E-state index contributed by atoms with van der Waals surface area (Å²) < 4.78 is 30.9. The zero-order valence-corrected chi connectivity index (χ0v) is 18.7. The molecular weight excluding hydrogens is 423 g/mol. The van der Waals surface area contributed by atoms with E-state index in [9.17, 15) is 35.1 Å². The molecule has 2 aliphatic heterocycles. The zero-order valence-electron chi connectivity index (χ0n) is 16.7. The average Bonchev–Trinajstić information content (AvgIpc) is 2.69. The number of hydrogen-bond donors (Lipinski definition) is 4. The smallest absolute Gasteiger partial charge is 0.548 e. The van der Waals surface area contributed by atoms with Crippen LogP contribution >= 0.6 is 0 Å². The Morgan fingerprint density at radius 3 is 2.10 bits per heavy atom. The van der Waals surface area contributed by atoms with Crippen LogP contribution in [-0.4, -0.2) is 122 Å². The van der Waals surface area contributed by atoms with Crippen LogP contribution in [0.2, 0.25) is 0 Å². The molecule has 0 aromatic rings. The molecule has 0 aliphatic carbocycles. The van der Waals surface area contributed by atoms with Gasteiger partial charge in [-0.15, -0.1) is 0 Å². The summed E-state index contributed by atoms with van der Waals surface area (Å²) in [7, 11) is 2.44. The molecule has 0 amide bonds. The number of hydrogen-bond acceptors (Lipinski definition) is 13. The van der Waals surface area contributed by atoms with E-state index in [4.69, 9.17) is 28.4 Å². The molecule has 2 fully saturated rings. The molecule has 4 N–H and O–H groups in total. The first-order chi connectivity index (χ1) is 13.7. The second kappa shape index (κ2) is 12.7. The Labute approximate surface area is 194 Å². The number of ether oxygens (including phenoxy) is 6. The van der Waals surface area contributed by atoms with Crippen molar-refractivity contribution in [2.75, 3.05) is 27.4 Å².